The molecule has 2 rings (SSSR count). The number of hydrogen-bond donors (Lipinski definition) is 2. The molecule has 0 radical (unpaired) electrons. The van der Waals surface area contributed by atoms with E-state index in [1.165, 1.54) is 5.56 Å². The zero-order valence-corrected chi connectivity index (χ0v) is 10.9. The predicted molar refractivity (Wildman–Crippen MR) is 74.7 cm³/mol. The first-order valence-corrected chi connectivity index (χ1v) is 6.70. The predicted octanol–water partition coefficient (Wildman–Crippen LogP) is 0.733. The van der Waals surface area contributed by atoms with E-state index in [2.05, 4.69) is 16.3 Å². The topological polar surface area (TPSA) is 50.5 Å². The van der Waals surface area contributed by atoms with E-state index in [1.54, 1.807) is 0 Å². The van der Waals surface area contributed by atoms with Gasteiger partial charge < -0.3 is 15.8 Å². The molecule has 1 aliphatic rings. The first-order chi connectivity index (χ1) is 8.84. The molecule has 1 aromatic rings. The number of nitrogens with two attached hydrogens (primary N) is 1. The maximum absolute atomic E-state index is 5.75. The third-order valence-electron chi connectivity index (χ3n) is 3.25. The van der Waals surface area contributed by atoms with Crippen LogP contribution in [0.15, 0.2) is 24.3 Å². The molecule has 0 unspecified atom stereocenters. The number of benzene rings is 1. The zero-order chi connectivity index (χ0) is 12.6. The highest BCUT2D eigenvalue weighted by molar-refractivity contribution is 5.40. The molecule has 4 heteroatoms. The summed E-state index contributed by atoms with van der Waals surface area (Å²) in [5, 5.41) is 3.48. The number of rotatable bonds is 6. The molecule has 100 valence electrons. The number of anilines is 1. The lowest BCUT2D eigenvalue weighted by atomic mass is 10.1. The van der Waals surface area contributed by atoms with Crippen LogP contribution >= 0.6 is 0 Å². The summed E-state index contributed by atoms with van der Waals surface area (Å²) in [5.74, 6) is 0. The Hall–Kier alpha value is -1.10. The Morgan fingerprint density at radius 3 is 2.83 bits per heavy atom. The Bertz CT molecular complexity index is 351. The smallest absolute Gasteiger partial charge is 0.0594 e. The molecule has 0 aromatic heterocycles. The van der Waals surface area contributed by atoms with Crippen LogP contribution in [0.5, 0.6) is 0 Å². The summed E-state index contributed by atoms with van der Waals surface area (Å²) in [4.78, 5) is 2.44. The SMILES string of the molecule is Nc1cccc(CCNCCN2CCOCC2)c1. The summed E-state index contributed by atoms with van der Waals surface area (Å²) in [7, 11) is 0. The Morgan fingerprint density at radius 1 is 1.22 bits per heavy atom. The maximum Gasteiger partial charge on any atom is 0.0594 e. The van der Waals surface area contributed by atoms with Gasteiger partial charge in [0, 0.05) is 31.9 Å². The van der Waals surface area contributed by atoms with Crippen LogP contribution < -0.4 is 11.1 Å². The molecule has 0 bridgehead atoms. The van der Waals surface area contributed by atoms with E-state index in [-0.39, 0.29) is 0 Å². The van der Waals surface area contributed by atoms with Gasteiger partial charge in [-0.1, -0.05) is 12.1 Å². The molecule has 0 aliphatic carbocycles. The minimum Gasteiger partial charge on any atom is -0.399 e. The van der Waals surface area contributed by atoms with E-state index < -0.39 is 0 Å². The van der Waals surface area contributed by atoms with Gasteiger partial charge in [-0.3, -0.25) is 4.90 Å². The molecule has 3 N–H and O–H groups in total. The van der Waals surface area contributed by atoms with Crippen molar-refractivity contribution < 1.29 is 4.74 Å². The summed E-state index contributed by atoms with van der Waals surface area (Å²) in [6.45, 7) is 7.05. The Morgan fingerprint density at radius 2 is 2.06 bits per heavy atom. The third-order valence-corrected chi connectivity index (χ3v) is 3.25. The van der Waals surface area contributed by atoms with Gasteiger partial charge in [0.15, 0.2) is 0 Å². The number of nitrogens with one attached hydrogen (secondary N) is 1. The lowest BCUT2D eigenvalue weighted by Crippen LogP contribution is -2.40. The van der Waals surface area contributed by atoms with Gasteiger partial charge in [0.2, 0.25) is 0 Å². The standard InChI is InChI=1S/C14H23N3O/c15-14-3-1-2-13(12-14)4-5-16-6-7-17-8-10-18-11-9-17/h1-3,12,16H,4-11,15H2. The van der Waals surface area contributed by atoms with Gasteiger partial charge in [-0.05, 0) is 30.7 Å². The lowest BCUT2D eigenvalue weighted by Gasteiger charge is -2.26. The van der Waals surface area contributed by atoms with Crippen molar-refractivity contribution in [3.8, 4) is 0 Å². The van der Waals surface area contributed by atoms with Gasteiger partial charge in [0.1, 0.15) is 0 Å². The van der Waals surface area contributed by atoms with Crippen molar-refractivity contribution in [2.24, 2.45) is 0 Å². The number of nitrogens with zero attached hydrogens (tertiary/aromatic N) is 1. The molecule has 1 aromatic carbocycles. The molecule has 4 nitrogen and oxygen atoms in total. The molecule has 1 fully saturated rings. The van der Waals surface area contributed by atoms with Gasteiger partial charge >= 0.3 is 0 Å². The van der Waals surface area contributed by atoms with Gasteiger partial charge in [-0.25, -0.2) is 0 Å². The van der Waals surface area contributed by atoms with Crippen molar-refractivity contribution in [2.75, 3.05) is 51.7 Å². The van der Waals surface area contributed by atoms with Crippen LogP contribution in [0.2, 0.25) is 0 Å². The summed E-state index contributed by atoms with van der Waals surface area (Å²) < 4.78 is 5.32. The van der Waals surface area contributed by atoms with Gasteiger partial charge in [-0.2, -0.15) is 0 Å². The summed E-state index contributed by atoms with van der Waals surface area (Å²) in [5.41, 5.74) is 7.90. The monoisotopic (exact) mass is 249 g/mol. The molecule has 0 atom stereocenters. The van der Waals surface area contributed by atoms with E-state index in [0.29, 0.717) is 0 Å². The fraction of sp³-hybridized carbons (Fsp3) is 0.571. The maximum atomic E-state index is 5.75. The van der Waals surface area contributed by atoms with Crippen molar-refractivity contribution in [3.63, 3.8) is 0 Å². The Labute approximate surface area is 109 Å². The Kier molecular flexibility index (Phi) is 5.45. The number of morpholine rings is 1. The summed E-state index contributed by atoms with van der Waals surface area (Å²) >= 11 is 0. The van der Waals surface area contributed by atoms with Crippen molar-refractivity contribution >= 4 is 5.69 Å². The molecule has 1 heterocycles. The third kappa shape index (κ3) is 4.64. The largest absolute Gasteiger partial charge is 0.399 e. The van der Waals surface area contributed by atoms with Crippen LogP contribution in [0.1, 0.15) is 5.56 Å². The van der Waals surface area contributed by atoms with Crippen LogP contribution in [0.4, 0.5) is 5.69 Å². The summed E-state index contributed by atoms with van der Waals surface area (Å²) in [6.07, 6.45) is 1.04. The molecular formula is C14H23N3O. The van der Waals surface area contributed by atoms with Crippen molar-refractivity contribution in [1.82, 2.24) is 10.2 Å². The molecular weight excluding hydrogens is 226 g/mol. The second-order valence-corrected chi connectivity index (χ2v) is 4.70. The quantitative estimate of drug-likeness (QED) is 0.576. The number of nitrogen functional groups attached to an aromatic ring is 1. The van der Waals surface area contributed by atoms with Crippen LogP contribution in [0.25, 0.3) is 0 Å². The van der Waals surface area contributed by atoms with E-state index >= 15 is 0 Å². The lowest BCUT2D eigenvalue weighted by molar-refractivity contribution is 0.0385. The minimum atomic E-state index is 0.848. The average Bonchev–Trinajstić information content (AvgIpc) is 2.40. The van der Waals surface area contributed by atoms with Crippen molar-refractivity contribution in [1.29, 1.82) is 0 Å². The van der Waals surface area contributed by atoms with Gasteiger partial charge in [-0.15, -0.1) is 0 Å². The Balaban J connectivity index is 1.55. The first kappa shape index (κ1) is 13.3. The molecule has 0 amide bonds. The second-order valence-electron chi connectivity index (χ2n) is 4.70. The van der Waals surface area contributed by atoms with Gasteiger partial charge in [0.25, 0.3) is 0 Å². The number of ether oxygens (including phenoxy) is 1. The fourth-order valence-corrected chi connectivity index (χ4v) is 2.17. The van der Waals surface area contributed by atoms with Crippen LogP contribution in [0.3, 0.4) is 0 Å². The van der Waals surface area contributed by atoms with Crippen LogP contribution in [-0.4, -0.2) is 50.8 Å². The minimum absolute atomic E-state index is 0.848. The first-order valence-electron chi connectivity index (χ1n) is 6.70. The van der Waals surface area contributed by atoms with Crippen LogP contribution in [0, 0.1) is 0 Å². The number of hydrogen-bond acceptors (Lipinski definition) is 4. The zero-order valence-electron chi connectivity index (χ0n) is 10.9. The highest BCUT2D eigenvalue weighted by Crippen LogP contribution is 2.06. The molecule has 0 spiro atoms. The molecule has 18 heavy (non-hydrogen) atoms. The van der Waals surface area contributed by atoms with Crippen LogP contribution in [-0.2, 0) is 11.2 Å². The molecule has 1 aliphatic heterocycles. The van der Waals surface area contributed by atoms with E-state index in [9.17, 15) is 0 Å². The molecule has 1 saturated heterocycles. The van der Waals surface area contributed by atoms with E-state index in [1.807, 2.05) is 18.2 Å². The average molecular weight is 249 g/mol. The van der Waals surface area contributed by atoms with Gasteiger partial charge in [0.05, 0.1) is 13.2 Å². The molecule has 0 saturated carbocycles. The highest BCUT2D eigenvalue weighted by atomic mass is 16.5. The summed E-state index contributed by atoms with van der Waals surface area (Å²) in [6, 6.07) is 8.11. The van der Waals surface area contributed by atoms with E-state index in [4.69, 9.17) is 10.5 Å². The highest BCUT2D eigenvalue weighted by Gasteiger charge is 2.08. The normalized spacial score (nSPS) is 16.9. The van der Waals surface area contributed by atoms with Crippen molar-refractivity contribution in [2.45, 2.75) is 6.42 Å². The fourth-order valence-electron chi connectivity index (χ4n) is 2.17. The second kappa shape index (κ2) is 7.36. The van der Waals surface area contributed by atoms with E-state index in [0.717, 1.165) is 58.0 Å². The van der Waals surface area contributed by atoms with Crippen molar-refractivity contribution in [3.05, 3.63) is 29.8 Å².